The minimum Gasteiger partial charge on any atom is -0.380 e. The Bertz CT molecular complexity index is 665. The summed E-state index contributed by atoms with van der Waals surface area (Å²) in [4.78, 5) is 10.5. The lowest BCUT2D eigenvalue weighted by Gasteiger charge is -2.10. The minimum atomic E-state index is -0.430. The molecule has 0 saturated carbocycles. The zero-order valence-corrected chi connectivity index (χ0v) is 13.2. The molecule has 0 heterocycles. The molecule has 0 bridgehead atoms. The van der Waals surface area contributed by atoms with Gasteiger partial charge in [-0.1, -0.05) is 29.3 Å². The Kier molecular flexibility index (Phi) is 4.86. The third kappa shape index (κ3) is 3.42. The first-order valence-corrected chi connectivity index (χ1v) is 7.14. The van der Waals surface area contributed by atoms with Gasteiger partial charge in [0.2, 0.25) is 0 Å². The van der Waals surface area contributed by atoms with Gasteiger partial charge in [-0.25, -0.2) is 0 Å². The van der Waals surface area contributed by atoms with Gasteiger partial charge in [0.05, 0.1) is 25.7 Å². The van der Waals surface area contributed by atoms with Gasteiger partial charge in [-0.2, -0.15) is 0 Å². The molecule has 104 valence electrons. The number of nitrogens with one attached hydrogen (secondary N) is 1. The van der Waals surface area contributed by atoms with Crippen molar-refractivity contribution in [2.24, 2.45) is 0 Å². The molecule has 2 aromatic carbocycles. The van der Waals surface area contributed by atoms with Crippen LogP contribution < -0.4 is 5.32 Å². The smallest absolute Gasteiger partial charge is 0.274 e. The Balaban J connectivity index is 2.24. The fourth-order valence-electron chi connectivity index (χ4n) is 1.70. The van der Waals surface area contributed by atoms with E-state index in [0.717, 1.165) is 5.69 Å². The van der Waals surface area contributed by atoms with Crippen molar-refractivity contribution in [2.45, 2.75) is 6.54 Å². The van der Waals surface area contributed by atoms with Crippen LogP contribution in [0.1, 0.15) is 5.56 Å². The molecule has 0 aliphatic rings. The standard InChI is InChI=1S/C13H9BrCl2N2O2/c14-13-10(16)2-1-3-11(13)17-7-8-6-9(15)4-5-12(8)18(19)20/h1-6,17H,7H2. The average Bonchev–Trinajstić information content (AvgIpc) is 2.40. The molecule has 0 aromatic heterocycles. The number of benzene rings is 2. The number of anilines is 1. The highest BCUT2D eigenvalue weighted by Gasteiger charge is 2.14. The van der Waals surface area contributed by atoms with E-state index < -0.39 is 4.92 Å². The summed E-state index contributed by atoms with van der Waals surface area (Å²) in [7, 11) is 0. The molecule has 0 radical (unpaired) electrons. The van der Waals surface area contributed by atoms with E-state index in [1.54, 1.807) is 18.2 Å². The third-order valence-electron chi connectivity index (χ3n) is 2.66. The van der Waals surface area contributed by atoms with E-state index in [1.165, 1.54) is 12.1 Å². The summed E-state index contributed by atoms with van der Waals surface area (Å²) in [5.74, 6) is 0. The molecule has 4 nitrogen and oxygen atoms in total. The summed E-state index contributed by atoms with van der Waals surface area (Å²) >= 11 is 15.2. The van der Waals surface area contributed by atoms with Crippen LogP contribution in [-0.4, -0.2) is 4.92 Å². The second-order valence-electron chi connectivity index (χ2n) is 3.99. The first kappa shape index (κ1) is 15.1. The van der Waals surface area contributed by atoms with E-state index in [-0.39, 0.29) is 12.2 Å². The van der Waals surface area contributed by atoms with Crippen LogP contribution in [0.2, 0.25) is 10.0 Å². The van der Waals surface area contributed by atoms with Crippen LogP contribution in [0.15, 0.2) is 40.9 Å². The third-order valence-corrected chi connectivity index (χ3v) is 4.29. The molecule has 1 N–H and O–H groups in total. The van der Waals surface area contributed by atoms with Crippen molar-refractivity contribution < 1.29 is 4.92 Å². The number of hydrogen-bond donors (Lipinski definition) is 1. The average molecular weight is 376 g/mol. The lowest BCUT2D eigenvalue weighted by Crippen LogP contribution is -2.03. The molecule has 2 rings (SSSR count). The van der Waals surface area contributed by atoms with Crippen molar-refractivity contribution in [1.29, 1.82) is 0 Å². The SMILES string of the molecule is O=[N+]([O-])c1ccc(Cl)cc1CNc1cccc(Cl)c1Br. The maximum atomic E-state index is 11.0. The lowest BCUT2D eigenvalue weighted by molar-refractivity contribution is -0.385. The summed E-state index contributed by atoms with van der Waals surface area (Å²) in [6.07, 6.45) is 0. The van der Waals surface area contributed by atoms with Crippen LogP contribution in [0.3, 0.4) is 0 Å². The first-order chi connectivity index (χ1) is 9.49. The van der Waals surface area contributed by atoms with E-state index in [4.69, 9.17) is 23.2 Å². The summed E-state index contributed by atoms with van der Waals surface area (Å²) in [6, 6.07) is 9.84. The maximum absolute atomic E-state index is 11.0. The molecule has 0 fully saturated rings. The van der Waals surface area contributed by atoms with E-state index in [9.17, 15) is 10.1 Å². The Morgan fingerprint density at radius 2 is 2.00 bits per heavy atom. The van der Waals surface area contributed by atoms with Crippen molar-refractivity contribution in [3.8, 4) is 0 Å². The predicted molar refractivity (Wildman–Crippen MR) is 84.6 cm³/mol. The molecule has 0 aliphatic carbocycles. The van der Waals surface area contributed by atoms with Gasteiger partial charge in [0.15, 0.2) is 0 Å². The van der Waals surface area contributed by atoms with Crippen molar-refractivity contribution in [1.82, 2.24) is 0 Å². The fourth-order valence-corrected chi connectivity index (χ4v) is 2.48. The van der Waals surface area contributed by atoms with Crippen molar-refractivity contribution in [2.75, 3.05) is 5.32 Å². The Labute approximate surface area is 134 Å². The highest BCUT2D eigenvalue weighted by Crippen LogP contribution is 2.31. The number of hydrogen-bond acceptors (Lipinski definition) is 3. The molecule has 0 amide bonds. The highest BCUT2D eigenvalue weighted by atomic mass is 79.9. The van der Waals surface area contributed by atoms with Gasteiger partial charge in [0, 0.05) is 17.6 Å². The predicted octanol–water partition coefficient (Wildman–Crippen LogP) is 5.28. The second kappa shape index (κ2) is 6.43. The Morgan fingerprint density at radius 3 is 2.70 bits per heavy atom. The highest BCUT2D eigenvalue weighted by molar-refractivity contribution is 9.10. The zero-order valence-electron chi connectivity index (χ0n) is 10.1. The molecular formula is C13H9BrCl2N2O2. The van der Waals surface area contributed by atoms with Gasteiger partial charge >= 0.3 is 0 Å². The molecule has 0 aliphatic heterocycles. The van der Waals surface area contributed by atoms with E-state index in [0.29, 0.717) is 20.1 Å². The number of nitro groups is 1. The number of nitro benzene ring substituents is 1. The van der Waals surface area contributed by atoms with Crippen LogP contribution in [0.5, 0.6) is 0 Å². The topological polar surface area (TPSA) is 55.2 Å². The van der Waals surface area contributed by atoms with Gasteiger partial charge in [0.1, 0.15) is 0 Å². The lowest BCUT2D eigenvalue weighted by atomic mass is 10.1. The van der Waals surface area contributed by atoms with Gasteiger partial charge in [-0.3, -0.25) is 10.1 Å². The molecule has 0 saturated heterocycles. The van der Waals surface area contributed by atoms with Crippen LogP contribution in [0.4, 0.5) is 11.4 Å². The van der Waals surface area contributed by atoms with Gasteiger partial charge in [-0.05, 0) is 40.2 Å². The molecule has 2 aromatic rings. The van der Waals surface area contributed by atoms with Gasteiger partial charge in [0.25, 0.3) is 5.69 Å². The summed E-state index contributed by atoms with van der Waals surface area (Å²) in [6.45, 7) is 0.274. The number of rotatable bonds is 4. The zero-order chi connectivity index (χ0) is 14.7. The van der Waals surface area contributed by atoms with Crippen LogP contribution >= 0.6 is 39.1 Å². The largest absolute Gasteiger partial charge is 0.380 e. The molecule has 20 heavy (non-hydrogen) atoms. The van der Waals surface area contributed by atoms with Gasteiger partial charge < -0.3 is 5.32 Å². The van der Waals surface area contributed by atoms with E-state index in [2.05, 4.69) is 21.2 Å². The number of nitrogens with zero attached hydrogens (tertiary/aromatic N) is 1. The summed E-state index contributed by atoms with van der Waals surface area (Å²) in [5, 5.41) is 15.1. The molecule has 0 spiro atoms. The van der Waals surface area contributed by atoms with Crippen LogP contribution in [0.25, 0.3) is 0 Å². The Morgan fingerprint density at radius 1 is 1.25 bits per heavy atom. The summed E-state index contributed by atoms with van der Waals surface area (Å²) < 4.78 is 0.714. The van der Waals surface area contributed by atoms with Gasteiger partial charge in [-0.15, -0.1) is 0 Å². The Hall–Kier alpha value is -1.30. The minimum absolute atomic E-state index is 0.0278. The normalized spacial score (nSPS) is 10.3. The monoisotopic (exact) mass is 374 g/mol. The summed E-state index contributed by atoms with van der Waals surface area (Å²) in [5.41, 5.74) is 1.29. The van der Waals surface area contributed by atoms with Crippen LogP contribution in [-0.2, 0) is 6.54 Å². The maximum Gasteiger partial charge on any atom is 0.274 e. The van der Waals surface area contributed by atoms with Crippen LogP contribution in [0, 0.1) is 10.1 Å². The quantitative estimate of drug-likeness (QED) is 0.584. The van der Waals surface area contributed by atoms with Crippen molar-refractivity contribution in [3.05, 3.63) is 66.6 Å². The first-order valence-electron chi connectivity index (χ1n) is 5.59. The second-order valence-corrected chi connectivity index (χ2v) is 5.62. The molecule has 7 heteroatoms. The van der Waals surface area contributed by atoms with E-state index >= 15 is 0 Å². The van der Waals surface area contributed by atoms with E-state index in [1.807, 2.05) is 6.07 Å². The fraction of sp³-hybridized carbons (Fsp3) is 0.0769. The molecule has 0 unspecified atom stereocenters. The van der Waals surface area contributed by atoms with Crippen molar-refractivity contribution >= 4 is 50.5 Å². The molecular weight excluding hydrogens is 367 g/mol. The molecule has 0 atom stereocenters. The number of halogens is 3. The van der Waals surface area contributed by atoms with Crippen molar-refractivity contribution in [3.63, 3.8) is 0 Å².